The normalized spacial score (nSPS) is 16.3. The first kappa shape index (κ1) is 48.0. The molecule has 2 aliphatic heterocycles. The number of aliphatic hydroxyl groups excluding tert-OH is 1. The standard InChI is InChI=1S/C43H69N5O10/c1-41(2,3)57-39(54)47-22-18-30(19-23-47)14-16-33(17-15-31-20-24-48(25-21-31)40(55)58-42(4,5)6)37(52)44-27-35(50)45-34(38(53)46-43(7,8)29-49)26-36(51)56-28-32-12-10-9-11-13-32/h9-13,30-31,33-34,49H,14-29H2,1-8H3,(H,44,52)(H,45,50)(H,46,53)/t34-/m0/s1. The van der Waals surface area contributed by atoms with Crippen LogP contribution in [0.15, 0.2) is 30.3 Å². The minimum atomic E-state index is -1.31. The van der Waals surface area contributed by atoms with Crippen molar-refractivity contribution >= 4 is 35.9 Å². The second-order valence-electron chi connectivity index (χ2n) is 18.4. The first-order valence-corrected chi connectivity index (χ1v) is 20.8. The van der Waals surface area contributed by atoms with Gasteiger partial charge in [0.1, 0.15) is 23.9 Å². The molecule has 2 fully saturated rings. The van der Waals surface area contributed by atoms with Gasteiger partial charge in [0.05, 0.1) is 25.1 Å². The fraction of sp³-hybridized carbons (Fsp3) is 0.721. The van der Waals surface area contributed by atoms with Gasteiger partial charge in [0.15, 0.2) is 0 Å². The van der Waals surface area contributed by atoms with Gasteiger partial charge in [-0.15, -0.1) is 0 Å². The van der Waals surface area contributed by atoms with E-state index in [2.05, 4.69) is 16.0 Å². The van der Waals surface area contributed by atoms with Crippen LogP contribution in [-0.4, -0.2) is 113 Å². The molecule has 0 radical (unpaired) electrons. The van der Waals surface area contributed by atoms with Crippen molar-refractivity contribution in [2.75, 3.05) is 39.3 Å². The van der Waals surface area contributed by atoms with E-state index in [0.717, 1.165) is 44.1 Å². The summed E-state index contributed by atoms with van der Waals surface area (Å²) < 4.78 is 16.5. The Balaban J connectivity index is 1.61. The van der Waals surface area contributed by atoms with Crippen LogP contribution in [0.4, 0.5) is 9.59 Å². The third-order valence-corrected chi connectivity index (χ3v) is 10.3. The smallest absolute Gasteiger partial charge is 0.410 e. The molecule has 1 aromatic rings. The molecule has 0 aromatic heterocycles. The number of benzene rings is 1. The monoisotopic (exact) mass is 816 g/mol. The zero-order chi connectivity index (χ0) is 43.1. The molecular weight excluding hydrogens is 746 g/mol. The van der Waals surface area contributed by atoms with E-state index in [1.165, 1.54) is 0 Å². The van der Waals surface area contributed by atoms with Crippen molar-refractivity contribution in [2.45, 2.75) is 143 Å². The number of amides is 5. The molecule has 0 aliphatic carbocycles. The van der Waals surface area contributed by atoms with E-state index in [1.54, 1.807) is 35.8 Å². The second kappa shape index (κ2) is 22.1. The summed E-state index contributed by atoms with van der Waals surface area (Å²) in [5, 5.41) is 17.7. The molecule has 2 heterocycles. The summed E-state index contributed by atoms with van der Waals surface area (Å²) in [7, 11) is 0. The number of nitrogens with zero attached hydrogens (tertiary/aromatic N) is 2. The number of piperidine rings is 2. The van der Waals surface area contributed by atoms with Gasteiger partial charge in [0.2, 0.25) is 17.7 Å². The van der Waals surface area contributed by atoms with Crippen LogP contribution in [0.1, 0.15) is 119 Å². The van der Waals surface area contributed by atoms with Crippen molar-refractivity contribution in [2.24, 2.45) is 17.8 Å². The SMILES string of the molecule is CC(C)(CO)NC(=O)[C@H](CC(=O)OCc1ccccc1)NC(=O)CNC(=O)C(CCC1CCN(C(=O)OC(C)(C)C)CC1)CCC1CCN(C(=O)OC(C)(C)C)CC1. The molecule has 0 unspecified atom stereocenters. The van der Waals surface area contributed by atoms with E-state index in [9.17, 15) is 33.9 Å². The fourth-order valence-corrected chi connectivity index (χ4v) is 6.93. The van der Waals surface area contributed by atoms with Crippen LogP contribution in [0.5, 0.6) is 0 Å². The van der Waals surface area contributed by atoms with Gasteiger partial charge in [-0.1, -0.05) is 30.3 Å². The molecule has 15 heteroatoms. The summed E-state index contributed by atoms with van der Waals surface area (Å²) in [5.74, 6) is -2.08. The minimum Gasteiger partial charge on any atom is -0.461 e. The highest BCUT2D eigenvalue weighted by Crippen LogP contribution is 2.30. The van der Waals surface area contributed by atoms with E-state index in [4.69, 9.17) is 14.2 Å². The lowest BCUT2D eigenvalue weighted by atomic mass is 9.84. The highest BCUT2D eigenvalue weighted by molar-refractivity contribution is 5.93. The topological polar surface area (TPSA) is 193 Å². The molecule has 58 heavy (non-hydrogen) atoms. The van der Waals surface area contributed by atoms with Gasteiger partial charge < -0.3 is 45.1 Å². The van der Waals surface area contributed by atoms with Crippen LogP contribution in [-0.2, 0) is 40.0 Å². The van der Waals surface area contributed by atoms with E-state index >= 15 is 0 Å². The summed E-state index contributed by atoms with van der Waals surface area (Å²) in [6.07, 6.45) is 4.82. The Kier molecular flexibility index (Phi) is 18.3. The average Bonchev–Trinajstić information content (AvgIpc) is 3.15. The number of esters is 1. The molecular formula is C43H69N5O10. The zero-order valence-electron chi connectivity index (χ0n) is 36.0. The predicted octanol–water partition coefficient (Wildman–Crippen LogP) is 5.08. The predicted molar refractivity (Wildman–Crippen MR) is 218 cm³/mol. The Hall–Kier alpha value is -4.40. The molecule has 4 N–H and O–H groups in total. The van der Waals surface area contributed by atoms with Crippen molar-refractivity contribution < 1.29 is 48.1 Å². The van der Waals surface area contributed by atoms with E-state index in [0.29, 0.717) is 50.9 Å². The lowest BCUT2D eigenvalue weighted by Gasteiger charge is -2.34. The largest absolute Gasteiger partial charge is 0.461 e. The summed E-state index contributed by atoms with van der Waals surface area (Å²) in [4.78, 5) is 81.7. The summed E-state index contributed by atoms with van der Waals surface area (Å²) in [6.45, 7) is 15.8. The minimum absolute atomic E-state index is 0.00670. The molecule has 1 atom stereocenters. The molecule has 1 aromatic carbocycles. The van der Waals surface area contributed by atoms with Gasteiger partial charge in [-0.05, 0) is 124 Å². The highest BCUT2D eigenvalue weighted by atomic mass is 16.6. The number of carbonyl (C=O) groups excluding carboxylic acids is 6. The summed E-state index contributed by atoms with van der Waals surface area (Å²) in [5.41, 5.74) is -1.40. The molecule has 0 saturated carbocycles. The molecule has 2 aliphatic rings. The first-order valence-electron chi connectivity index (χ1n) is 20.8. The average molecular weight is 816 g/mol. The molecule has 2 saturated heterocycles. The maximum Gasteiger partial charge on any atom is 0.410 e. The van der Waals surface area contributed by atoms with E-state index < -0.39 is 59.5 Å². The Morgan fingerprint density at radius 2 is 1.22 bits per heavy atom. The lowest BCUT2D eigenvalue weighted by molar-refractivity contribution is -0.147. The molecule has 15 nitrogen and oxygen atoms in total. The fourth-order valence-electron chi connectivity index (χ4n) is 6.93. The number of nitrogens with one attached hydrogen (secondary N) is 3. The van der Waals surface area contributed by atoms with Crippen molar-refractivity contribution in [1.29, 1.82) is 0 Å². The first-order chi connectivity index (χ1) is 27.1. The molecule has 5 amide bonds. The molecule has 0 spiro atoms. The van der Waals surface area contributed by atoms with Crippen molar-refractivity contribution in [3.8, 4) is 0 Å². The van der Waals surface area contributed by atoms with Crippen LogP contribution in [0.25, 0.3) is 0 Å². The Labute approximate surface area is 344 Å². The third kappa shape index (κ3) is 18.0. The lowest BCUT2D eigenvalue weighted by Crippen LogP contribution is -2.56. The van der Waals surface area contributed by atoms with Gasteiger partial charge in [0.25, 0.3) is 0 Å². The van der Waals surface area contributed by atoms with Crippen molar-refractivity contribution in [1.82, 2.24) is 25.8 Å². The number of rotatable bonds is 17. The number of ether oxygens (including phenoxy) is 3. The van der Waals surface area contributed by atoms with Gasteiger partial charge in [-0.3, -0.25) is 19.2 Å². The van der Waals surface area contributed by atoms with Crippen molar-refractivity contribution in [3.05, 3.63) is 35.9 Å². The number of aliphatic hydroxyl groups is 1. The highest BCUT2D eigenvalue weighted by Gasteiger charge is 2.32. The Bertz CT molecular complexity index is 1460. The van der Waals surface area contributed by atoms with E-state index in [-0.39, 0.29) is 31.3 Å². The van der Waals surface area contributed by atoms with Crippen LogP contribution < -0.4 is 16.0 Å². The van der Waals surface area contributed by atoms with Crippen LogP contribution in [0.3, 0.4) is 0 Å². The van der Waals surface area contributed by atoms with Crippen LogP contribution in [0.2, 0.25) is 0 Å². The summed E-state index contributed by atoms with van der Waals surface area (Å²) in [6, 6.07) is 7.73. The number of hydrogen-bond donors (Lipinski definition) is 4. The number of hydrogen-bond acceptors (Lipinski definition) is 10. The third-order valence-electron chi connectivity index (χ3n) is 10.3. The van der Waals surface area contributed by atoms with Crippen molar-refractivity contribution in [3.63, 3.8) is 0 Å². The van der Waals surface area contributed by atoms with Crippen LogP contribution >= 0.6 is 0 Å². The van der Waals surface area contributed by atoms with Gasteiger partial charge in [0, 0.05) is 32.1 Å². The summed E-state index contributed by atoms with van der Waals surface area (Å²) >= 11 is 0. The van der Waals surface area contributed by atoms with E-state index in [1.807, 2.05) is 59.7 Å². The molecule has 3 rings (SSSR count). The quantitative estimate of drug-likeness (QED) is 0.122. The zero-order valence-corrected chi connectivity index (χ0v) is 36.0. The van der Waals surface area contributed by atoms with Gasteiger partial charge in [-0.25, -0.2) is 9.59 Å². The Morgan fingerprint density at radius 1 is 0.741 bits per heavy atom. The molecule has 326 valence electrons. The molecule has 0 bridgehead atoms. The maximum atomic E-state index is 13.8. The second-order valence-corrected chi connectivity index (χ2v) is 18.4. The maximum absolute atomic E-state index is 13.8. The Morgan fingerprint density at radius 3 is 1.67 bits per heavy atom. The van der Waals surface area contributed by atoms with Gasteiger partial charge in [-0.2, -0.15) is 0 Å². The number of carbonyl (C=O) groups is 6. The number of likely N-dealkylation sites (tertiary alicyclic amines) is 2. The van der Waals surface area contributed by atoms with Crippen LogP contribution in [0, 0.1) is 17.8 Å². The van der Waals surface area contributed by atoms with Gasteiger partial charge >= 0.3 is 18.2 Å².